The van der Waals surface area contributed by atoms with E-state index in [9.17, 15) is 4.79 Å². The van der Waals surface area contributed by atoms with E-state index in [1.54, 1.807) is 24.3 Å². The highest BCUT2D eigenvalue weighted by molar-refractivity contribution is 7.84. The average molecular weight is 152 g/mol. The molecule has 1 aromatic rings. The molecule has 3 heteroatoms. The van der Waals surface area contributed by atoms with E-state index in [4.69, 9.17) is 4.78 Å². The lowest BCUT2D eigenvalue weighted by Gasteiger charge is -1.81. The van der Waals surface area contributed by atoms with E-state index in [-0.39, 0.29) is 5.12 Å². The van der Waals surface area contributed by atoms with Crippen molar-refractivity contribution in [3.8, 4) is 0 Å². The van der Waals surface area contributed by atoms with Crippen LogP contribution in [0.25, 0.3) is 0 Å². The first-order valence-corrected chi connectivity index (χ1v) is 3.59. The molecule has 0 aliphatic heterocycles. The lowest BCUT2D eigenvalue weighted by Crippen LogP contribution is -1.93. The van der Waals surface area contributed by atoms with Gasteiger partial charge in [-0.2, -0.15) is 0 Å². The first kappa shape index (κ1) is 7.02. The third-order valence-electron chi connectivity index (χ3n) is 1.10. The van der Waals surface area contributed by atoms with Gasteiger partial charge in [0.15, 0.2) is 0 Å². The van der Waals surface area contributed by atoms with Crippen LogP contribution < -0.4 is 0 Å². The van der Waals surface area contributed by atoms with E-state index in [0.29, 0.717) is 17.1 Å². The summed E-state index contributed by atoms with van der Waals surface area (Å²) in [6.07, 6.45) is 0. The summed E-state index contributed by atoms with van der Waals surface area (Å²) in [6, 6.07) is 8.80. The fraction of sp³-hybridized carbons (Fsp3) is 0. The second kappa shape index (κ2) is 3.17. The van der Waals surface area contributed by atoms with Gasteiger partial charge in [-0.15, -0.1) is 0 Å². The van der Waals surface area contributed by atoms with Crippen LogP contribution in [0.3, 0.4) is 0 Å². The molecule has 0 bridgehead atoms. The van der Waals surface area contributed by atoms with Crippen molar-refractivity contribution < 1.29 is 4.79 Å². The van der Waals surface area contributed by atoms with Gasteiger partial charge in [0.2, 0.25) is 0 Å². The SMILES string of the molecule is N=[S+]C(=O)c1ccccc1. The molecule has 0 radical (unpaired) electrons. The number of hydrogen-bond donors (Lipinski definition) is 1. The summed E-state index contributed by atoms with van der Waals surface area (Å²) in [6.45, 7) is 0. The third kappa shape index (κ3) is 1.45. The maximum atomic E-state index is 10.8. The molecule has 1 aromatic carbocycles. The molecular formula is C7H6NOS+. The fourth-order valence-corrected chi connectivity index (χ4v) is 0.887. The van der Waals surface area contributed by atoms with Crippen molar-refractivity contribution in [3.05, 3.63) is 35.9 Å². The number of benzene rings is 1. The Morgan fingerprint density at radius 3 is 2.40 bits per heavy atom. The van der Waals surface area contributed by atoms with Crippen LogP contribution in [0.1, 0.15) is 10.4 Å². The van der Waals surface area contributed by atoms with Gasteiger partial charge < -0.3 is 0 Å². The minimum atomic E-state index is -0.208. The molecule has 0 unspecified atom stereocenters. The molecule has 0 spiro atoms. The average Bonchev–Trinajstić information content (AvgIpc) is 2.05. The number of hydrogen-bond acceptors (Lipinski definition) is 2. The molecule has 0 saturated heterocycles. The normalized spacial score (nSPS) is 8.80. The Morgan fingerprint density at radius 1 is 1.30 bits per heavy atom. The second-order valence-electron chi connectivity index (χ2n) is 1.76. The standard InChI is InChI=1S/C7H6NOS/c8-10-7(9)6-4-2-1-3-5-6/h1-5,8H/q+1. The van der Waals surface area contributed by atoms with Gasteiger partial charge in [0.25, 0.3) is 0 Å². The summed E-state index contributed by atoms with van der Waals surface area (Å²) < 4.78 is 6.71. The first-order valence-electron chi connectivity index (χ1n) is 2.77. The van der Waals surface area contributed by atoms with E-state index < -0.39 is 0 Å². The quantitative estimate of drug-likeness (QED) is 0.611. The largest absolute Gasteiger partial charge is 0.464 e. The van der Waals surface area contributed by atoms with Crippen LogP contribution in [-0.4, -0.2) is 5.12 Å². The van der Waals surface area contributed by atoms with E-state index >= 15 is 0 Å². The summed E-state index contributed by atoms with van der Waals surface area (Å²) in [7, 11) is 0. The summed E-state index contributed by atoms with van der Waals surface area (Å²) in [5.41, 5.74) is 0.586. The van der Waals surface area contributed by atoms with Gasteiger partial charge in [-0.05, 0) is 16.9 Å². The van der Waals surface area contributed by atoms with Gasteiger partial charge >= 0.3 is 16.7 Å². The molecule has 0 aliphatic rings. The molecular weight excluding hydrogens is 146 g/mol. The van der Waals surface area contributed by atoms with Crippen LogP contribution in [-0.2, 0) is 11.6 Å². The molecule has 0 fully saturated rings. The molecule has 0 aromatic heterocycles. The van der Waals surface area contributed by atoms with Gasteiger partial charge in [-0.1, -0.05) is 18.2 Å². The molecule has 50 valence electrons. The van der Waals surface area contributed by atoms with Crippen LogP contribution in [0.15, 0.2) is 30.3 Å². The van der Waals surface area contributed by atoms with Gasteiger partial charge in [-0.3, -0.25) is 0 Å². The molecule has 0 saturated carbocycles. The molecule has 2 nitrogen and oxygen atoms in total. The van der Waals surface area contributed by atoms with Crippen LogP contribution >= 0.6 is 0 Å². The Labute approximate surface area is 62.8 Å². The van der Waals surface area contributed by atoms with Crippen molar-refractivity contribution in [2.24, 2.45) is 0 Å². The zero-order valence-corrected chi connectivity index (χ0v) is 6.02. The zero-order valence-electron chi connectivity index (χ0n) is 5.20. The Kier molecular flexibility index (Phi) is 2.23. The van der Waals surface area contributed by atoms with E-state index in [2.05, 4.69) is 0 Å². The maximum absolute atomic E-state index is 10.8. The van der Waals surface area contributed by atoms with Gasteiger partial charge in [0.05, 0.1) is 5.56 Å². The fourth-order valence-electron chi connectivity index (χ4n) is 0.633. The number of carbonyl (C=O) groups excluding carboxylic acids is 1. The summed E-state index contributed by atoms with van der Waals surface area (Å²) in [4.78, 5) is 10.8. The predicted molar refractivity (Wildman–Crippen MR) is 40.9 cm³/mol. The highest BCUT2D eigenvalue weighted by Gasteiger charge is 2.13. The number of nitrogens with one attached hydrogen (secondary N) is 1. The molecule has 0 aliphatic carbocycles. The van der Waals surface area contributed by atoms with Gasteiger partial charge in [0, 0.05) is 0 Å². The molecule has 10 heavy (non-hydrogen) atoms. The smallest absolute Gasteiger partial charge is 0.217 e. The topological polar surface area (TPSA) is 40.9 Å². The molecule has 1 rings (SSSR count). The second-order valence-corrected chi connectivity index (χ2v) is 2.33. The predicted octanol–water partition coefficient (Wildman–Crippen LogP) is 1.67. The van der Waals surface area contributed by atoms with Crippen LogP contribution in [0.2, 0.25) is 0 Å². The van der Waals surface area contributed by atoms with Crippen molar-refractivity contribution in [1.82, 2.24) is 0 Å². The van der Waals surface area contributed by atoms with Gasteiger partial charge in [-0.25, -0.2) is 4.79 Å². The van der Waals surface area contributed by atoms with Gasteiger partial charge in [0.1, 0.15) is 0 Å². The number of carbonyl (C=O) groups is 1. The Hall–Kier alpha value is -1.09. The van der Waals surface area contributed by atoms with Crippen molar-refractivity contribution in [3.63, 3.8) is 0 Å². The van der Waals surface area contributed by atoms with E-state index in [0.717, 1.165) is 0 Å². The minimum absolute atomic E-state index is 0.208. The monoisotopic (exact) mass is 152 g/mol. The Bertz CT molecular complexity index is 245. The Morgan fingerprint density at radius 2 is 1.90 bits per heavy atom. The highest BCUT2D eigenvalue weighted by Crippen LogP contribution is 1.98. The third-order valence-corrected chi connectivity index (χ3v) is 1.52. The molecule has 0 amide bonds. The van der Waals surface area contributed by atoms with E-state index in [1.165, 1.54) is 0 Å². The van der Waals surface area contributed by atoms with Crippen molar-refractivity contribution in [1.29, 1.82) is 4.78 Å². The van der Waals surface area contributed by atoms with Crippen LogP contribution in [0.4, 0.5) is 0 Å². The van der Waals surface area contributed by atoms with Crippen LogP contribution in [0.5, 0.6) is 0 Å². The van der Waals surface area contributed by atoms with Crippen molar-refractivity contribution >= 4 is 16.7 Å². The zero-order chi connectivity index (χ0) is 7.40. The molecule has 1 N–H and O–H groups in total. The molecule has 0 heterocycles. The highest BCUT2D eigenvalue weighted by atomic mass is 32.1. The number of rotatable bonds is 1. The van der Waals surface area contributed by atoms with E-state index in [1.807, 2.05) is 6.07 Å². The Balaban J connectivity index is 2.95. The lowest BCUT2D eigenvalue weighted by molar-refractivity contribution is 0.108. The lowest BCUT2D eigenvalue weighted by atomic mass is 10.2. The van der Waals surface area contributed by atoms with Crippen molar-refractivity contribution in [2.75, 3.05) is 0 Å². The summed E-state index contributed by atoms with van der Waals surface area (Å²) in [5, 5.41) is -0.208. The maximum Gasteiger partial charge on any atom is 0.464 e. The minimum Gasteiger partial charge on any atom is -0.217 e. The summed E-state index contributed by atoms with van der Waals surface area (Å²) in [5.74, 6) is 0. The molecule has 0 atom stereocenters. The first-order chi connectivity index (χ1) is 4.84. The summed E-state index contributed by atoms with van der Waals surface area (Å²) >= 11 is 0.489. The van der Waals surface area contributed by atoms with Crippen molar-refractivity contribution in [2.45, 2.75) is 0 Å². The van der Waals surface area contributed by atoms with Crippen LogP contribution in [0, 0.1) is 4.78 Å².